The van der Waals surface area contributed by atoms with Crippen LogP contribution < -0.4 is 4.35 Å². The zero-order valence-electron chi connectivity index (χ0n) is 6.37. The van der Waals surface area contributed by atoms with Crippen molar-refractivity contribution in [2.45, 2.75) is 0 Å². The van der Waals surface area contributed by atoms with Gasteiger partial charge in [-0.25, -0.2) is 0 Å². The van der Waals surface area contributed by atoms with Gasteiger partial charge in [0.05, 0.1) is 0 Å². The first-order chi connectivity index (χ1) is 5.65. The van der Waals surface area contributed by atoms with Crippen molar-refractivity contribution in [1.29, 1.82) is 0 Å². The standard InChI is InChI=1S/C8H6AsBrO2/c1-12-8(11)6-4-5(10)2-3-7(6)9/h2-4H,1H3. The molecule has 0 spiro atoms. The Morgan fingerprint density at radius 3 is 2.83 bits per heavy atom. The van der Waals surface area contributed by atoms with Crippen molar-refractivity contribution in [2.75, 3.05) is 7.11 Å². The van der Waals surface area contributed by atoms with Crippen molar-refractivity contribution >= 4 is 43.1 Å². The van der Waals surface area contributed by atoms with Crippen molar-refractivity contribution in [3.05, 3.63) is 28.2 Å². The average molecular weight is 289 g/mol. The van der Waals surface area contributed by atoms with E-state index < -0.39 is 0 Å². The first kappa shape index (κ1) is 9.81. The number of halogens is 1. The molecule has 0 heterocycles. The molecule has 0 aromatic heterocycles. The molecule has 0 aliphatic heterocycles. The molecule has 1 aromatic carbocycles. The van der Waals surface area contributed by atoms with Crippen molar-refractivity contribution in [3.8, 4) is 0 Å². The molecular weight excluding hydrogens is 283 g/mol. The van der Waals surface area contributed by atoms with Crippen LogP contribution in [0.25, 0.3) is 0 Å². The van der Waals surface area contributed by atoms with E-state index in [1.807, 2.05) is 12.1 Å². The minimum atomic E-state index is -0.313. The molecule has 0 fully saturated rings. The molecule has 1 aromatic rings. The number of carbonyl (C=O) groups excluding carboxylic acids is 1. The van der Waals surface area contributed by atoms with E-state index in [0.717, 1.165) is 8.82 Å². The Hall–Kier alpha value is -0.272. The van der Waals surface area contributed by atoms with E-state index in [0.29, 0.717) is 5.56 Å². The Balaban J connectivity index is 3.13. The Bertz CT molecular complexity index is 312. The van der Waals surface area contributed by atoms with Crippen LogP contribution in [0.3, 0.4) is 0 Å². The second-order valence-electron chi connectivity index (χ2n) is 2.15. The van der Waals surface area contributed by atoms with E-state index in [4.69, 9.17) is 0 Å². The first-order valence-corrected chi connectivity index (χ1v) is 4.95. The quantitative estimate of drug-likeness (QED) is 0.570. The molecule has 0 bridgehead atoms. The van der Waals surface area contributed by atoms with Gasteiger partial charge < -0.3 is 0 Å². The van der Waals surface area contributed by atoms with Gasteiger partial charge in [-0.2, -0.15) is 0 Å². The summed E-state index contributed by atoms with van der Waals surface area (Å²) in [6, 6.07) is 5.45. The minimum absolute atomic E-state index is 0.313. The number of hydrogen-bond donors (Lipinski definition) is 0. The van der Waals surface area contributed by atoms with Gasteiger partial charge >= 0.3 is 88.0 Å². The first-order valence-electron chi connectivity index (χ1n) is 3.22. The number of methoxy groups -OCH3 is 1. The monoisotopic (exact) mass is 288 g/mol. The van der Waals surface area contributed by atoms with Gasteiger partial charge in [0, 0.05) is 0 Å². The summed E-state index contributed by atoms with van der Waals surface area (Å²) in [6.07, 6.45) is 0. The van der Waals surface area contributed by atoms with Gasteiger partial charge in [0.2, 0.25) is 0 Å². The van der Waals surface area contributed by atoms with Gasteiger partial charge in [0.15, 0.2) is 0 Å². The Kier molecular flexibility index (Phi) is 3.36. The molecule has 2 nitrogen and oxygen atoms in total. The summed E-state index contributed by atoms with van der Waals surface area (Å²) < 4.78 is 6.33. The van der Waals surface area contributed by atoms with Crippen molar-refractivity contribution < 1.29 is 9.53 Å². The number of ether oxygens (including phenoxy) is 1. The molecule has 12 heavy (non-hydrogen) atoms. The van der Waals surface area contributed by atoms with Crippen LogP contribution in [0.1, 0.15) is 10.4 Å². The molecule has 0 aliphatic carbocycles. The Labute approximate surface area is 87.9 Å². The van der Waals surface area contributed by atoms with Crippen LogP contribution in [0.15, 0.2) is 22.7 Å². The third-order valence-electron chi connectivity index (χ3n) is 1.36. The summed E-state index contributed by atoms with van der Waals surface area (Å²) in [5.41, 5.74) is 0.576. The summed E-state index contributed by atoms with van der Waals surface area (Å²) >= 11 is 5.61. The fraction of sp³-hybridized carbons (Fsp3) is 0.125. The fourth-order valence-corrected chi connectivity index (χ4v) is 1.63. The molecule has 0 saturated carbocycles. The molecule has 1 rings (SSSR count). The number of esters is 1. The summed E-state index contributed by atoms with van der Waals surface area (Å²) in [7, 11) is 1.37. The molecule has 4 heteroatoms. The van der Waals surface area contributed by atoms with Crippen molar-refractivity contribution in [3.63, 3.8) is 0 Å². The van der Waals surface area contributed by atoms with Crippen molar-refractivity contribution in [2.24, 2.45) is 0 Å². The topological polar surface area (TPSA) is 26.3 Å². The van der Waals surface area contributed by atoms with Crippen LogP contribution in [-0.2, 0) is 4.74 Å². The number of benzene rings is 1. The molecule has 2 radical (unpaired) electrons. The predicted molar refractivity (Wildman–Crippen MR) is 50.9 cm³/mol. The summed E-state index contributed by atoms with van der Waals surface area (Å²) in [4.78, 5) is 11.1. The van der Waals surface area contributed by atoms with Gasteiger partial charge in [-0.3, -0.25) is 0 Å². The van der Waals surface area contributed by atoms with E-state index >= 15 is 0 Å². The fourth-order valence-electron chi connectivity index (χ4n) is 0.782. The summed E-state index contributed by atoms with van der Waals surface area (Å²) in [5.74, 6) is -0.313. The predicted octanol–water partition coefficient (Wildman–Crippen LogP) is 1.03. The normalized spacial score (nSPS) is 9.58. The molecular formula is C8H6AsBrO2. The second kappa shape index (κ2) is 4.10. The van der Waals surface area contributed by atoms with E-state index in [2.05, 4.69) is 37.5 Å². The third-order valence-corrected chi connectivity index (χ3v) is 2.68. The zero-order chi connectivity index (χ0) is 9.14. The van der Waals surface area contributed by atoms with Crippen LogP contribution in [-0.4, -0.2) is 29.9 Å². The van der Waals surface area contributed by atoms with Gasteiger partial charge in [-0.05, 0) is 0 Å². The van der Waals surface area contributed by atoms with Gasteiger partial charge in [0.25, 0.3) is 0 Å². The van der Waals surface area contributed by atoms with Gasteiger partial charge in [-0.15, -0.1) is 0 Å². The van der Waals surface area contributed by atoms with E-state index in [9.17, 15) is 4.79 Å². The van der Waals surface area contributed by atoms with Gasteiger partial charge in [0.1, 0.15) is 0 Å². The molecule has 0 amide bonds. The van der Waals surface area contributed by atoms with E-state index in [1.165, 1.54) is 7.11 Å². The Morgan fingerprint density at radius 2 is 2.25 bits per heavy atom. The number of carbonyl (C=O) groups is 1. The average Bonchev–Trinajstić information content (AvgIpc) is 2.08. The number of hydrogen-bond acceptors (Lipinski definition) is 2. The summed E-state index contributed by atoms with van der Waals surface area (Å²) in [6.45, 7) is 0. The molecule has 0 unspecified atom stereocenters. The van der Waals surface area contributed by atoms with Crippen LogP contribution in [0.5, 0.6) is 0 Å². The maximum atomic E-state index is 11.1. The third kappa shape index (κ3) is 2.11. The van der Waals surface area contributed by atoms with E-state index in [1.54, 1.807) is 6.07 Å². The molecule has 0 aliphatic rings. The van der Waals surface area contributed by atoms with E-state index in [-0.39, 0.29) is 5.97 Å². The second-order valence-corrected chi connectivity index (χ2v) is 4.08. The van der Waals surface area contributed by atoms with Crippen LogP contribution >= 0.6 is 15.9 Å². The zero-order valence-corrected chi connectivity index (χ0v) is 9.84. The maximum absolute atomic E-state index is 11.1. The van der Waals surface area contributed by atoms with Gasteiger partial charge in [-0.1, -0.05) is 0 Å². The van der Waals surface area contributed by atoms with Crippen LogP contribution in [0.2, 0.25) is 0 Å². The summed E-state index contributed by atoms with van der Waals surface area (Å²) in [5, 5.41) is 0. The molecule has 0 N–H and O–H groups in total. The SMILES string of the molecule is COC(=O)c1cc(Br)ccc1[As]. The van der Waals surface area contributed by atoms with Crippen molar-refractivity contribution in [1.82, 2.24) is 0 Å². The molecule has 0 saturated heterocycles. The molecule has 0 atom stereocenters. The Morgan fingerprint density at radius 1 is 1.58 bits per heavy atom. The number of rotatable bonds is 1. The van der Waals surface area contributed by atoms with Crippen LogP contribution in [0, 0.1) is 0 Å². The van der Waals surface area contributed by atoms with Crippen LogP contribution in [0.4, 0.5) is 0 Å². The molecule has 62 valence electrons.